The van der Waals surface area contributed by atoms with Crippen LogP contribution in [-0.2, 0) is 16.6 Å². The molecule has 5 unspecified atom stereocenters. The van der Waals surface area contributed by atoms with Crippen molar-refractivity contribution in [3.63, 3.8) is 0 Å². The monoisotopic (exact) mass is 517 g/mol. The number of amidine groups is 1. The first-order valence-electron chi connectivity index (χ1n) is 13.4. The number of aryl methyl sites for hydroxylation is 1. The lowest BCUT2D eigenvalue weighted by molar-refractivity contribution is -0.131. The molecule has 0 aromatic heterocycles. The van der Waals surface area contributed by atoms with E-state index >= 15 is 0 Å². The van der Waals surface area contributed by atoms with Crippen molar-refractivity contribution in [3.05, 3.63) is 46.0 Å². The topological polar surface area (TPSA) is 122 Å². The van der Waals surface area contributed by atoms with Gasteiger partial charge in [-0.05, 0) is 81.2 Å². The van der Waals surface area contributed by atoms with Gasteiger partial charge in [-0.3, -0.25) is 20.0 Å². The standard InChI is InChI=1S/C29H39N7O2/c1-17-7-8-20-13-21(27(38)31-4)9-10-24(20)29(19(17)3,28(32-5)35-33-6)11-12-34-16-25(37)36-22(15-30)14-23-18(2)26(23)36/h9-10,13,18,22-23,26,34H,6-8,11-12,14,16H2,1-5H3,(H,31,38)(H,32,35). The van der Waals surface area contributed by atoms with Crippen LogP contribution >= 0.6 is 0 Å². The number of nitriles is 1. The van der Waals surface area contributed by atoms with E-state index in [9.17, 15) is 14.9 Å². The molecular formula is C29H39N7O2. The lowest BCUT2D eigenvalue weighted by Crippen LogP contribution is -2.48. The van der Waals surface area contributed by atoms with Gasteiger partial charge in [0.2, 0.25) is 5.91 Å². The Morgan fingerprint density at radius 1 is 1.29 bits per heavy atom. The molecule has 2 fully saturated rings. The molecular weight excluding hydrogens is 478 g/mol. The molecule has 2 amide bonds. The Hall–Kier alpha value is -3.51. The van der Waals surface area contributed by atoms with E-state index < -0.39 is 5.41 Å². The molecule has 9 heteroatoms. The van der Waals surface area contributed by atoms with Crippen molar-refractivity contribution in [3.8, 4) is 6.07 Å². The summed E-state index contributed by atoms with van der Waals surface area (Å²) in [5.74, 6) is 1.48. The largest absolute Gasteiger partial charge is 0.355 e. The second-order valence-electron chi connectivity index (χ2n) is 10.7. The Bertz CT molecular complexity index is 1230. The molecule has 38 heavy (non-hydrogen) atoms. The molecule has 202 valence electrons. The number of benzene rings is 1. The summed E-state index contributed by atoms with van der Waals surface area (Å²) < 4.78 is 0. The summed E-state index contributed by atoms with van der Waals surface area (Å²) >= 11 is 0. The first-order valence-corrected chi connectivity index (χ1v) is 13.4. The first kappa shape index (κ1) is 27.5. The van der Waals surface area contributed by atoms with E-state index in [1.54, 1.807) is 19.0 Å². The van der Waals surface area contributed by atoms with E-state index in [0.717, 1.165) is 30.4 Å². The number of likely N-dealkylation sites (tertiary alicyclic amines) is 1. The quantitative estimate of drug-likeness (QED) is 0.161. The van der Waals surface area contributed by atoms with Crippen molar-refractivity contribution in [1.82, 2.24) is 21.0 Å². The van der Waals surface area contributed by atoms with E-state index in [0.29, 0.717) is 36.2 Å². The molecule has 1 heterocycles. The average molecular weight is 518 g/mol. The van der Waals surface area contributed by atoms with Gasteiger partial charge < -0.3 is 15.5 Å². The first-order chi connectivity index (χ1) is 18.2. The highest BCUT2D eigenvalue weighted by Crippen LogP contribution is 2.52. The fourth-order valence-corrected chi connectivity index (χ4v) is 6.67. The number of hydrogen-bond acceptors (Lipinski definition) is 6. The van der Waals surface area contributed by atoms with Crippen LogP contribution in [0.25, 0.3) is 0 Å². The number of hydrazone groups is 1. The zero-order valence-electron chi connectivity index (χ0n) is 23.1. The van der Waals surface area contributed by atoms with Crippen LogP contribution in [0, 0.1) is 23.2 Å². The zero-order chi connectivity index (χ0) is 27.6. The predicted molar refractivity (Wildman–Crippen MR) is 149 cm³/mol. The average Bonchev–Trinajstić information content (AvgIpc) is 3.39. The Morgan fingerprint density at radius 3 is 2.71 bits per heavy atom. The number of nitrogens with zero attached hydrogens (tertiary/aromatic N) is 4. The second kappa shape index (κ2) is 11.1. The van der Waals surface area contributed by atoms with Crippen molar-refractivity contribution >= 4 is 24.4 Å². The van der Waals surface area contributed by atoms with Gasteiger partial charge in [0.1, 0.15) is 11.9 Å². The number of allylic oxidation sites excluding steroid dienone is 1. The highest BCUT2D eigenvalue weighted by molar-refractivity contribution is 5.98. The van der Waals surface area contributed by atoms with Gasteiger partial charge in [-0.1, -0.05) is 24.1 Å². The van der Waals surface area contributed by atoms with Gasteiger partial charge in [-0.15, -0.1) is 0 Å². The van der Waals surface area contributed by atoms with Crippen molar-refractivity contribution in [2.24, 2.45) is 21.9 Å². The molecule has 1 aromatic carbocycles. The number of fused-ring (bicyclic) bond motifs is 2. The van der Waals surface area contributed by atoms with Crippen molar-refractivity contribution < 1.29 is 9.59 Å². The van der Waals surface area contributed by atoms with Crippen LogP contribution in [0.2, 0.25) is 0 Å². The van der Waals surface area contributed by atoms with Crippen LogP contribution in [-0.4, -0.2) is 68.5 Å². The molecule has 1 aliphatic heterocycles. The minimum absolute atomic E-state index is 0.0161. The van der Waals surface area contributed by atoms with E-state index in [1.807, 2.05) is 18.2 Å². The van der Waals surface area contributed by atoms with Gasteiger partial charge in [0, 0.05) is 32.4 Å². The van der Waals surface area contributed by atoms with Crippen molar-refractivity contribution in [1.29, 1.82) is 5.26 Å². The van der Waals surface area contributed by atoms with Gasteiger partial charge in [0.05, 0.1) is 18.0 Å². The normalized spacial score (nSPS) is 28.1. The molecule has 0 bridgehead atoms. The lowest BCUT2D eigenvalue weighted by atomic mass is 9.69. The van der Waals surface area contributed by atoms with E-state index in [4.69, 9.17) is 0 Å². The van der Waals surface area contributed by atoms with E-state index in [1.165, 1.54) is 11.1 Å². The number of carbonyl (C=O) groups excluding carboxylic acids is 2. The van der Waals surface area contributed by atoms with Crippen LogP contribution in [0.15, 0.2) is 39.4 Å². The molecule has 2 aliphatic carbocycles. The molecule has 1 saturated carbocycles. The maximum Gasteiger partial charge on any atom is 0.251 e. The van der Waals surface area contributed by atoms with E-state index in [2.05, 4.69) is 59.7 Å². The fraction of sp³-hybridized carbons (Fsp3) is 0.552. The van der Waals surface area contributed by atoms with E-state index in [-0.39, 0.29) is 30.4 Å². The molecule has 1 aromatic rings. The second-order valence-corrected chi connectivity index (χ2v) is 10.7. The predicted octanol–water partition coefficient (Wildman–Crippen LogP) is 2.54. The number of rotatable bonds is 8. The molecule has 0 spiro atoms. The molecule has 1 saturated heterocycles. The third kappa shape index (κ3) is 4.62. The SMILES string of the molecule is C=NNC(=NC)C1(CCNCC(=O)N2C(C#N)CC3C(C)C32)C(C)=C(C)CCc2cc(C(=O)NC)ccc21. The van der Waals surface area contributed by atoms with Gasteiger partial charge >= 0.3 is 0 Å². The number of carbonyl (C=O) groups is 2. The van der Waals surface area contributed by atoms with Gasteiger partial charge in [0.15, 0.2) is 0 Å². The van der Waals surface area contributed by atoms with Crippen LogP contribution in [0.4, 0.5) is 0 Å². The Kier molecular flexibility index (Phi) is 8.02. The van der Waals surface area contributed by atoms with Crippen molar-refractivity contribution in [2.45, 2.75) is 64.0 Å². The fourth-order valence-electron chi connectivity index (χ4n) is 6.67. The van der Waals surface area contributed by atoms with Crippen LogP contribution in [0.3, 0.4) is 0 Å². The minimum atomic E-state index is -0.637. The summed E-state index contributed by atoms with van der Waals surface area (Å²) in [4.78, 5) is 31.9. The molecule has 0 radical (unpaired) electrons. The summed E-state index contributed by atoms with van der Waals surface area (Å²) in [7, 11) is 3.37. The smallest absolute Gasteiger partial charge is 0.251 e. The van der Waals surface area contributed by atoms with Crippen molar-refractivity contribution in [2.75, 3.05) is 27.2 Å². The summed E-state index contributed by atoms with van der Waals surface area (Å²) in [6.45, 7) is 10.8. The number of aliphatic imine (C=N–C) groups is 1. The summed E-state index contributed by atoms with van der Waals surface area (Å²) in [6, 6.07) is 8.05. The van der Waals surface area contributed by atoms with Crippen LogP contribution in [0.1, 0.15) is 61.5 Å². The number of piperidine rings is 1. The maximum atomic E-state index is 13.1. The number of hydrogen-bond donors (Lipinski definition) is 3. The summed E-state index contributed by atoms with van der Waals surface area (Å²) in [5.41, 5.74) is 7.63. The molecule has 5 atom stereocenters. The Morgan fingerprint density at radius 2 is 2.05 bits per heavy atom. The van der Waals surface area contributed by atoms with Gasteiger partial charge in [-0.25, -0.2) is 0 Å². The zero-order valence-corrected chi connectivity index (χ0v) is 23.1. The Balaban J connectivity index is 1.62. The number of amides is 2. The van der Waals surface area contributed by atoms with Crippen LogP contribution in [0.5, 0.6) is 0 Å². The van der Waals surface area contributed by atoms with Gasteiger partial charge in [0.25, 0.3) is 5.91 Å². The maximum absolute atomic E-state index is 13.1. The molecule has 4 rings (SSSR count). The highest BCUT2D eigenvalue weighted by atomic mass is 16.2. The number of nitrogens with one attached hydrogen (secondary N) is 3. The third-order valence-corrected chi connectivity index (χ3v) is 8.97. The Labute approximate surface area is 225 Å². The molecule has 3 aliphatic rings. The third-order valence-electron chi connectivity index (χ3n) is 8.97. The highest BCUT2D eigenvalue weighted by Gasteiger charge is 2.60. The summed E-state index contributed by atoms with van der Waals surface area (Å²) in [6.07, 6.45) is 3.08. The van der Waals surface area contributed by atoms with Crippen LogP contribution < -0.4 is 16.1 Å². The lowest BCUT2D eigenvalue weighted by Gasteiger charge is -2.38. The molecule has 3 N–H and O–H groups in total. The summed E-state index contributed by atoms with van der Waals surface area (Å²) in [5, 5.41) is 19.6. The van der Waals surface area contributed by atoms with Gasteiger partial charge in [-0.2, -0.15) is 10.4 Å². The molecule has 9 nitrogen and oxygen atoms in total. The minimum Gasteiger partial charge on any atom is -0.355 e.